The van der Waals surface area contributed by atoms with Crippen molar-refractivity contribution < 1.29 is 14.4 Å². The highest BCUT2D eigenvalue weighted by Gasteiger charge is 2.26. The summed E-state index contributed by atoms with van der Waals surface area (Å²) in [6.07, 6.45) is 5.80. The Morgan fingerprint density at radius 2 is 2.12 bits per heavy atom. The number of carbonyl (C=O) groups excluding carboxylic acids is 3. The molecule has 9 heteroatoms. The van der Waals surface area contributed by atoms with E-state index in [4.69, 9.17) is 0 Å². The number of carbonyl (C=O) groups is 3. The van der Waals surface area contributed by atoms with Crippen molar-refractivity contribution in [2.24, 2.45) is 0 Å². The van der Waals surface area contributed by atoms with Gasteiger partial charge < -0.3 is 20.5 Å². The molecule has 2 aliphatic rings. The van der Waals surface area contributed by atoms with Crippen LogP contribution in [0.3, 0.4) is 0 Å². The summed E-state index contributed by atoms with van der Waals surface area (Å²) in [6, 6.07) is 1.76. The molecular formula is C16H18N6O3. The Morgan fingerprint density at radius 3 is 2.92 bits per heavy atom. The van der Waals surface area contributed by atoms with Gasteiger partial charge in [-0.3, -0.25) is 19.5 Å². The summed E-state index contributed by atoms with van der Waals surface area (Å²) in [5.74, 6) is -0.873. The first kappa shape index (κ1) is 15.4. The molecule has 25 heavy (non-hydrogen) atoms. The quantitative estimate of drug-likeness (QED) is 0.646. The highest BCUT2D eigenvalue weighted by molar-refractivity contribution is 6.09. The second-order valence-corrected chi connectivity index (χ2v) is 6.28. The maximum atomic E-state index is 12.5. The number of aromatic amines is 1. The van der Waals surface area contributed by atoms with Gasteiger partial charge in [0.15, 0.2) is 0 Å². The molecule has 2 aromatic heterocycles. The Labute approximate surface area is 143 Å². The van der Waals surface area contributed by atoms with E-state index in [9.17, 15) is 14.4 Å². The van der Waals surface area contributed by atoms with Gasteiger partial charge in [0, 0.05) is 25.3 Å². The molecule has 130 valence electrons. The minimum atomic E-state index is -0.393. The Morgan fingerprint density at radius 1 is 1.28 bits per heavy atom. The highest BCUT2D eigenvalue weighted by Crippen LogP contribution is 2.21. The smallest absolute Gasteiger partial charge is 0.271 e. The number of amides is 3. The van der Waals surface area contributed by atoms with E-state index in [2.05, 4.69) is 26.1 Å². The van der Waals surface area contributed by atoms with Crippen LogP contribution in [0, 0.1) is 0 Å². The van der Waals surface area contributed by atoms with Gasteiger partial charge in [0.2, 0.25) is 0 Å². The van der Waals surface area contributed by atoms with E-state index in [1.54, 1.807) is 16.8 Å². The molecule has 1 saturated carbocycles. The molecule has 2 aromatic rings. The first-order chi connectivity index (χ1) is 12.1. The van der Waals surface area contributed by atoms with Crippen molar-refractivity contribution in [3.8, 4) is 0 Å². The third-order valence-electron chi connectivity index (χ3n) is 4.28. The van der Waals surface area contributed by atoms with Crippen molar-refractivity contribution in [3.05, 3.63) is 35.4 Å². The molecular weight excluding hydrogens is 324 g/mol. The third-order valence-corrected chi connectivity index (χ3v) is 4.28. The van der Waals surface area contributed by atoms with Gasteiger partial charge in [0.1, 0.15) is 11.4 Å². The van der Waals surface area contributed by atoms with Crippen LogP contribution >= 0.6 is 0 Å². The molecule has 9 nitrogen and oxygen atoms in total. The van der Waals surface area contributed by atoms with Crippen molar-refractivity contribution in [1.29, 1.82) is 0 Å². The highest BCUT2D eigenvalue weighted by atomic mass is 16.2. The number of aromatic nitrogens is 3. The average molecular weight is 342 g/mol. The molecule has 1 fully saturated rings. The molecule has 3 amide bonds. The fraction of sp³-hybridized carbons (Fsp3) is 0.375. The molecule has 0 bridgehead atoms. The third kappa shape index (κ3) is 3.12. The van der Waals surface area contributed by atoms with Gasteiger partial charge in [0.25, 0.3) is 17.7 Å². The number of nitrogens with zero attached hydrogens (tertiary/aromatic N) is 2. The van der Waals surface area contributed by atoms with Gasteiger partial charge in [-0.15, -0.1) is 0 Å². The lowest BCUT2D eigenvalue weighted by Crippen LogP contribution is -2.27. The van der Waals surface area contributed by atoms with Crippen LogP contribution in [0.4, 0.5) is 5.69 Å². The van der Waals surface area contributed by atoms with E-state index < -0.39 is 5.91 Å². The maximum Gasteiger partial charge on any atom is 0.271 e. The molecule has 4 N–H and O–H groups in total. The van der Waals surface area contributed by atoms with Crippen LogP contribution in [0.5, 0.6) is 0 Å². The number of aryl methyl sites for hydroxylation is 1. The molecule has 3 heterocycles. The number of nitrogens with one attached hydrogen (secondary N) is 4. The molecule has 0 radical (unpaired) electrons. The lowest BCUT2D eigenvalue weighted by atomic mass is 10.2. The molecule has 0 unspecified atom stereocenters. The average Bonchev–Trinajstić information content (AvgIpc) is 3.16. The zero-order valence-electron chi connectivity index (χ0n) is 13.5. The number of anilines is 1. The van der Waals surface area contributed by atoms with E-state index in [1.165, 1.54) is 6.20 Å². The molecule has 1 aliphatic carbocycles. The van der Waals surface area contributed by atoms with Crippen LogP contribution in [0.1, 0.15) is 50.6 Å². The Balaban J connectivity index is 1.51. The van der Waals surface area contributed by atoms with Crippen molar-refractivity contribution in [3.63, 3.8) is 0 Å². The van der Waals surface area contributed by atoms with Crippen LogP contribution < -0.4 is 16.0 Å². The zero-order valence-corrected chi connectivity index (χ0v) is 13.5. The minimum Gasteiger partial charge on any atom is -0.351 e. The van der Waals surface area contributed by atoms with Crippen molar-refractivity contribution in [2.75, 3.05) is 11.9 Å². The number of rotatable bonds is 4. The number of H-pyrrole nitrogens is 1. The largest absolute Gasteiger partial charge is 0.351 e. The summed E-state index contributed by atoms with van der Waals surface area (Å²) >= 11 is 0. The van der Waals surface area contributed by atoms with E-state index in [0.717, 1.165) is 19.3 Å². The first-order valence-electron chi connectivity index (χ1n) is 8.26. The van der Waals surface area contributed by atoms with Gasteiger partial charge in [-0.05, 0) is 25.3 Å². The standard InChI is InChI=1S/C16H18N6O3/c23-14(9-6-12-15(24)17-4-1-5-22(12)8-9)20-11-7-18-21-13(11)16(25)19-10-2-3-10/h6-8,10H,1-5H2,(H,17,24)(H,18,21)(H,19,25)(H,20,23). The summed E-state index contributed by atoms with van der Waals surface area (Å²) < 4.78 is 1.77. The first-order valence-corrected chi connectivity index (χ1v) is 8.26. The number of hydrogen-bond acceptors (Lipinski definition) is 4. The van der Waals surface area contributed by atoms with Gasteiger partial charge in [-0.1, -0.05) is 0 Å². The van der Waals surface area contributed by atoms with Crippen LogP contribution in [-0.4, -0.2) is 45.1 Å². The number of fused-ring (bicyclic) bond motifs is 1. The minimum absolute atomic E-state index is 0.190. The van der Waals surface area contributed by atoms with Gasteiger partial charge in [0.05, 0.1) is 17.4 Å². The molecule has 0 aromatic carbocycles. The fourth-order valence-corrected chi connectivity index (χ4v) is 2.79. The fourth-order valence-electron chi connectivity index (χ4n) is 2.79. The Hall–Kier alpha value is -3.10. The summed E-state index contributed by atoms with van der Waals surface area (Å²) in [5, 5.41) is 14.8. The van der Waals surface area contributed by atoms with E-state index in [0.29, 0.717) is 30.0 Å². The molecule has 0 spiro atoms. The van der Waals surface area contributed by atoms with Gasteiger partial charge in [-0.25, -0.2) is 0 Å². The van der Waals surface area contributed by atoms with Gasteiger partial charge >= 0.3 is 0 Å². The van der Waals surface area contributed by atoms with Crippen LogP contribution in [0.15, 0.2) is 18.5 Å². The van der Waals surface area contributed by atoms with Crippen molar-refractivity contribution >= 4 is 23.4 Å². The van der Waals surface area contributed by atoms with E-state index in [-0.39, 0.29) is 23.6 Å². The molecule has 1 aliphatic heterocycles. The molecule has 4 rings (SSSR count). The lowest BCUT2D eigenvalue weighted by Gasteiger charge is -2.05. The monoisotopic (exact) mass is 342 g/mol. The van der Waals surface area contributed by atoms with Crippen molar-refractivity contribution in [2.45, 2.75) is 31.8 Å². The Bertz CT molecular complexity index is 848. The SMILES string of the molecule is O=C(Nc1cn[nH]c1C(=O)NC1CC1)c1cc2n(c1)CCCNC2=O. The molecule has 0 saturated heterocycles. The predicted molar refractivity (Wildman–Crippen MR) is 88.4 cm³/mol. The summed E-state index contributed by atoms with van der Waals surface area (Å²) in [6.45, 7) is 1.29. The number of hydrogen-bond donors (Lipinski definition) is 4. The topological polar surface area (TPSA) is 121 Å². The normalized spacial score (nSPS) is 16.6. The van der Waals surface area contributed by atoms with E-state index >= 15 is 0 Å². The van der Waals surface area contributed by atoms with Crippen LogP contribution in [0.2, 0.25) is 0 Å². The predicted octanol–water partition coefficient (Wildman–Crippen LogP) is 0.489. The Kier molecular flexibility index (Phi) is 3.75. The van der Waals surface area contributed by atoms with Crippen molar-refractivity contribution in [1.82, 2.24) is 25.4 Å². The van der Waals surface area contributed by atoms with Gasteiger partial charge in [-0.2, -0.15) is 5.10 Å². The van der Waals surface area contributed by atoms with Crippen LogP contribution in [0.25, 0.3) is 0 Å². The summed E-state index contributed by atoms with van der Waals surface area (Å²) in [7, 11) is 0. The van der Waals surface area contributed by atoms with E-state index in [1.807, 2.05) is 0 Å². The zero-order chi connectivity index (χ0) is 17.4. The summed E-state index contributed by atoms with van der Waals surface area (Å²) in [4.78, 5) is 36.6. The lowest BCUT2D eigenvalue weighted by molar-refractivity contribution is 0.0940. The second-order valence-electron chi connectivity index (χ2n) is 6.28. The molecule has 0 atom stereocenters. The maximum absolute atomic E-state index is 12.5. The summed E-state index contributed by atoms with van der Waals surface area (Å²) in [5.41, 5.74) is 1.36. The van der Waals surface area contributed by atoms with Crippen LogP contribution in [-0.2, 0) is 6.54 Å². The second kappa shape index (κ2) is 6.08.